The Morgan fingerprint density at radius 2 is 2.09 bits per heavy atom. The van der Waals surface area contributed by atoms with Crippen LogP contribution >= 0.6 is 12.4 Å². The van der Waals surface area contributed by atoms with Crippen LogP contribution in [0.1, 0.15) is 6.42 Å². The lowest BCUT2D eigenvalue weighted by atomic mass is 10.2. The van der Waals surface area contributed by atoms with Crippen LogP contribution in [-0.2, 0) is 15.9 Å². The van der Waals surface area contributed by atoms with Gasteiger partial charge in [0.25, 0.3) is 0 Å². The van der Waals surface area contributed by atoms with E-state index in [1.54, 1.807) is 0 Å². The molecular formula is C4H10ClN2O3S-. The summed E-state index contributed by atoms with van der Waals surface area (Å²) in [6.45, 7) is 0. The average Bonchev–Trinajstić information content (AvgIpc) is 1.58. The minimum Gasteiger partial charge on any atom is -0.772 e. The molecule has 0 aliphatic rings. The zero-order valence-electron chi connectivity index (χ0n) is 5.69. The fourth-order valence-corrected chi connectivity index (χ4v) is 0.960. The Bertz CT molecular complexity index is 138. The van der Waals surface area contributed by atoms with Crippen molar-refractivity contribution in [2.24, 2.45) is 11.5 Å². The van der Waals surface area contributed by atoms with Crippen LogP contribution in [0, 0.1) is 0 Å². The van der Waals surface area contributed by atoms with Gasteiger partial charge >= 0.3 is 0 Å². The van der Waals surface area contributed by atoms with E-state index in [1.165, 1.54) is 0 Å². The molecule has 1 amide bonds. The number of hydrogen-bond donors (Lipinski definition) is 2. The van der Waals surface area contributed by atoms with Crippen LogP contribution in [-0.4, -0.2) is 26.5 Å². The lowest BCUT2D eigenvalue weighted by molar-refractivity contribution is -0.118. The Labute approximate surface area is 73.2 Å². The van der Waals surface area contributed by atoms with Gasteiger partial charge in [-0.25, -0.2) is 0 Å². The molecule has 0 aromatic heterocycles. The maximum absolute atomic E-state index is 10.1. The quantitative estimate of drug-likeness (QED) is 0.539. The van der Waals surface area contributed by atoms with Crippen LogP contribution in [0.4, 0.5) is 0 Å². The molecule has 0 fully saturated rings. The van der Waals surface area contributed by atoms with Gasteiger partial charge in [-0.05, 0) is 0 Å². The van der Waals surface area contributed by atoms with Crippen molar-refractivity contribution in [1.29, 1.82) is 0 Å². The van der Waals surface area contributed by atoms with Gasteiger partial charge in [0.05, 0.1) is 0 Å². The number of halogens is 1. The van der Waals surface area contributed by atoms with Gasteiger partial charge in [0.2, 0.25) is 5.91 Å². The molecule has 0 aromatic carbocycles. The molecule has 0 radical (unpaired) electrons. The summed E-state index contributed by atoms with van der Waals surface area (Å²) in [5.74, 6) is -0.805. The Hall–Kier alpha value is -0.170. The highest BCUT2D eigenvalue weighted by molar-refractivity contribution is 7.79. The fourth-order valence-electron chi connectivity index (χ4n) is 0.492. The maximum atomic E-state index is 10.1. The topological polar surface area (TPSA) is 109 Å². The third-order valence-electron chi connectivity index (χ3n) is 0.814. The fraction of sp³-hybridized carbons (Fsp3) is 0.750. The van der Waals surface area contributed by atoms with Gasteiger partial charge < -0.3 is 16.0 Å². The summed E-state index contributed by atoms with van der Waals surface area (Å²) in [4.78, 5) is 10.1. The summed E-state index contributed by atoms with van der Waals surface area (Å²) in [5, 5.41) is 0. The molecule has 0 rings (SSSR count). The van der Waals surface area contributed by atoms with Gasteiger partial charge in [-0.2, -0.15) is 0 Å². The first-order valence-corrected chi connectivity index (χ1v) is 3.86. The Morgan fingerprint density at radius 3 is 2.36 bits per heavy atom. The summed E-state index contributed by atoms with van der Waals surface area (Å²) in [7, 11) is 0. The number of primary amides is 1. The number of carbonyl (C=O) groups is 1. The minimum absolute atomic E-state index is 0. The third-order valence-corrected chi connectivity index (χ3v) is 1.51. The van der Waals surface area contributed by atoms with E-state index < -0.39 is 23.0 Å². The van der Waals surface area contributed by atoms with Gasteiger partial charge in [-0.15, -0.1) is 12.4 Å². The highest BCUT2D eigenvalue weighted by atomic mass is 35.5. The molecule has 0 aliphatic heterocycles. The van der Waals surface area contributed by atoms with E-state index in [-0.39, 0.29) is 24.6 Å². The molecule has 0 bridgehead atoms. The van der Waals surface area contributed by atoms with Crippen molar-refractivity contribution in [1.82, 2.24) is 0 Å². The molecule has 2 atom stereocenters. The highest BCUT2D eigenvalue weighted by Gasteiger charge is 2.05. The van der Waals surface area contributed by atoms with Crippen molar-refractivity contribution < 1.29 is 13.6 Å². The number of hydrogen-bond acceptors (Lipinski definition) is 4. The van der Waals surface area contributed by atoms with E-state index in [0.29, 0.717) is 0 Å². The lowest BCUT2D eigenvalue weighted by Gasteiger charge is -2.10. The first kappa shape index (κ1) is 13.4. The zero-order valence-corrected chi connectivity index (χ0v) is 7.32. The normalized spacial score (nSPS) is 14.7. The summed E-state index contributed by atoms with van der Waals surface area (Å²) >= 11 is -2.19. The largest absolute Gasteiger partial charge is 0.772 e. The van der Waals surface area contributed by atoms with E-state index in [1.807, 2.05) is 0 Å². The molecular weight excluding hydrogens is 192 g/mol. The van der Waals surface area contributed by atoms with Crippen LogP contribution in [0.2, 0.25) is 0 Å². The first-order valence-electron chi connectivity index (χ1n) is 2.62. The second-order valence-corrected chi connectivity index (χ2v) is 2.84. The summed E-state index contributed by atoms with van der Waals surface area (Å²) in [6, 6.07) is -0.671. The molecule has 68 valence electrons. The molecule has 0 spiro atoms. The second kappa shape index (κ2) is 6.53. The predicted octanol–water partition coefficient (Wildman–Crippen LogP) is -1.51. The van der Waals surface area contributed by atoms with Crippen molar-refractivity contribution >= 4 is 29.4 Å². The molecule has 0 aromatic rings. The van der Waals surface area contributed by atoms with Crippen molar-refractivity contribution in [3.8, 4) is 0 Å². The zero-order chi connectivity index (χ0) is 8.15. The molecule has 11 heavy (non-hydrogen) atoms. The molecule has 0 saturated carbocycles. The molecule has 0 aliphatic carbocycles. The summed E-state index contributed by atoms with van der Waals surface area (Å²) in [5.41, 5.74) is 9.93. The third kappa shape index (κ3) is 9.83. The molecule has 0 heterocycles. The Balaban J connectivity index is 0. The SMILES string of the molecule is Cl.NC(=O)C[C@H](N)CS(=O)[O-]. The number of nitrogens with two attached hydrogens (primary N) is 2. The van der Waals surface area contributed by atoms with Crippen LogP contribution < -0.4 is 11.5 Å². The van der Waals surface area contributed by atoms with Crippen molar-refractivity contribution in [2.75, 3.05) is 5.75 Å². The van der Waals surface area contributed by atoms with Crippen molar-refractivity contribution in [3.63, 3.8) is 0 Å². The maximum Gasteiger partial charge on any atom is 0.219 e. The molecule has 4 N–H and O–H groups in total. The molecule has 1 unspecified atom stereocenters. The predicted molar refractivity (Wildman–Crippen MR) is 42.8 cm³/mol. The van der Waals surface area contributed by atoms with Crippen LogP contribution in [0.15, 0.2) is 0 Å². The Morgan fingerprint density at radius 1 is 1.64 bits per heavy atom. The summed E-state index contributed by atoms with van der Waals surface area (Å²) < 4.78 is 19.9. The summed E-state index contributed by atoms with van der Waals surface area (Å²) in [6.07, 6.45) is -0.0893. The lowest BCUT2D eigenvalue weighted by Crippen LogP contribution is -2.32. The first-order chi connectivity index (χ1) is 4.52. The minimum atomic E-state index is -2.19. The van der Waals surface area contributed by atoms with Gasteiger partial charge in [-0.3, -0.25) is 9.00 Å². The molecule has 5 nitrogen and oxygen atoms in total. The van der Waals surface area contributed by atoms with Crippen LogP contribution in [0.3, 0.4) is 0 Å². The van der Waals surface area contributed by atoms with Gasteiger partial charge in [-0.1, -0.05) is 11.1 Å². The second-order valence-electron chi connectivity index (χ2n) is 1.90. The monoisotopic (exact) mass is 201 g/mol. The highest BCUT2D eigenvalue weighted by Crippen LogP contribution is 1.88. The number of rotatable bonds is 4. The smallest absolute Gasteiger partial charge is 0.219 e. The molecule has 7 heteroatoms. The van der Waals surface area contributed by atoms with Crippen LogP contribution in [0.5, 0.6) is 0 Å². The Kier molecular flexibility index (Phi) is 7.97. The van der Waals surface area contributed by atoms with E-state index >= 15 is 0 Å². The molecule has 0 saturated heterocycles. The van der Waals surface area contributed by atoms with Crippen molar-refractivity contribution in [2.45, 2.75) is 12.5 Å². The standard InChI is InChI=1S/C4H10N2O3S.ClH/c5-3(1-4(6)7)2-10(8)9;/h3H,1-2,5H2,(H2,6,7)(H,8,9);1H/p-1/t3-;/m0./s1. The van der Waals surface area contributed by atoms with Gasteiger partial charge in [0.1, 0.15) is 0 Å². The van der Waals surface area contributed by atoms with Crippen molar-refractivity contribution in [3.05, 3.63) is 0 Å². The van der Waals surface area contributed by atoms with E-state index in [9.17, 15) is 13.6 Å². The number of amides is 1. The van der Waals surface area contributed by atoms with E-state index in [2.05, 4.69) is 0 Å². The van der Waals surface area contributed by atoms with E-state index in [0.717, 1.165) is 0 Å². The van der Waals surface area contributed by atoms with Crippen LogP contribution in [0.25, 0.3) is 0 Å². The van der Waals surface area contributed by atoms with Gasteiger partial charge in [0.15, 0.2) is 0 Å². The average molecular weight is 202 g/mol. The number of carbonyl (C=O) groups excluding carboxylic acids is 1. The van der Waals surface area contributed by atoms with Gasteiger partial charge in [0, 0.05) is 18.2 Å². The van der Waals surface area contributed by atoms with E-state index in [4.69, 9.17) is 11.5 Å².